The first kappa shape index (κ1) is 63.7. The van der Waals surface area contributed by atoms with E-state index < -0.39 is 43.5 Å². The molecule has 6 aromatic carbocycles. The van der Waals surface area contributed by atoms with Crippen LogP contribution >= 0.6 is 11.6 Å². The molecule has 83 heavy (non-hydrogen) atoms. The van der Waals surface area contributed by atoms with Crippen molar-refractivity contribution in [3.8, 4) is 0 Å². The first-order valence-corrected chi connectivity index (χ1v) is 31.4. The number of hydrogen-bond acceptors (Lipinski definition) is 6. The van der Waals surface area contributed by atoms with Crippen molar-refractivity contribution in [3.05, 3.63) is 202 Å². The van der Waals surface area contributed by atoms with Crippen LogP contribution in [0.3, 0.4) is 0 Å². The van der Waals surface area contributed by atoms with Crippen molar-refractivity contribution in [2.24, 2.45) is 0 Å². The normalized spacial score (nSPS) is 16.9. The Bertz CT molecular complexity index is 3160. The average molecular weight is 1220 g/mol. The summed E-state index contributed by atoms with van der Waals surface area (Å²) in [6, 6.07) is 33.1. The van der Waals surface area contributed by atoms with Gasteiger partial charge in [-0.1, -0.05) is 60.7 Å². The van der Waals surface area contributed by atoms with E-state index in [1.807, 2.05) is 0 Å². The fraction of sp³-hybridized carbons (Fsp3) is 0.419. The van der Waals surface area contributed by atoms with Gasteiger partial charge in [-0.15, -0.1) is 11.6 Å². The minimum atomic E-state index is -4.62. The molecule has 21 heteroatoms. The molecular weight excluding hydrogens is 1150 g/mol. The lowest BCUT2D eigenvalue weighted by molar-refractivity contribution is -0.138. The third-order valence-electron chi connectivity index (χ3n) is 15.6. The van der Waals surface area contributed by atoms with Crippen molar-refractivity contribution < 1.29 is 60.7 Å². The van der Waals surface area contributed by atoms with E-state index in [1.165, 1.54) is 69.3 Å². The Morgan fingerprint density at radius 2 is 0.795 bits per heavy atom. The molecular formula is C62H67ClF10N4O4S2. The molecule has 0 unspecified atom stereocenters. The zero-order valence-electron chi connectivity index (χ0n) is 45.5. The van der Waals surface area contributed by atoms with Crippen LogP contribution in [0, 0.1) is 23.3 Å². The summed E-state index contributed by atoms with van der Waals surface area (Å²) < 4.78 is 187. The number of sulfonamides is 2. The molecule has 2 heterocycles. The number of alkyl halides is 7. The van der Waals surface area contributed by atoms with E-state index in [2.05, 4.69) is 10.2 Å². The summed E-state index contributed by atoms with van der Waals surface area (Å²) in [7, 11) is -7.99. The molecule has 2 saturated heterocycles. The highest BCUT2D eigenvalue weighted by Crippen LogP contribution is 2.41. The molecule has 448 valence electrons. The van der Waals surface area contributed by atoms with Crippen LogP contribution in [0.15, 0.2) is 155 Å². The summed E-state index contributed by atoms with van der Waals surface area (Å²) in [4.78, 5) is 1.71. The quantitative estimate of drug-likeness (QED) is 0.0642. The zero-order valence-corrected chi connectivity index (χ0v) is 47.9. The minimum absolute atomic E-state index is 0.0169. The van der Waals surface area contributed by atoms with Crippen molar-refractivity contribution >= 4 is 31.6 Å². The van der Waals surface area contributed by atoms with E-state index in [0.29, 0.717) is 57.5 Å². The molecule has 0 atom stereocenters. The van der Waals surface area contributed by atoms with Gasteiger partial charge in [-0.3, -0.25) is 0 Å². The second-order valence-electron chi connectivity index (χ2n) is 21.5. The van der Waals surface area contributed by atoms with Crippen molar-refractivity contribution in [1.29, 1.82) is 0 Å². The number of halogens is 11. The Labute approximate surface area is 485 Å². The standard InChI is InChI=1S/C31H33F5N2O2S.C16H15ClF2.C15H19F3N2O2S/c32-25-10-6-22(7-11-25)30(23-8-12-26(33)13-9-23)5-2-18-37-19-16-28(17-20-37)38(27-14-15-27)41(39,40)29-4-1-3-24(21-29)31(34,35)36;17-11-1-2-16(12-3-7-14(18)8-4-12)13-5-9-15(19)10-6-13;16-15(17,18)11-2-1-3-14(10-11)23(21,22)20(12-4-5-12)13-6-8-19-9-7-13/h1,3-4,6-13,21,27-28,30H,2,5,14-20H2;3-10,16H,1-2,11H2;1-3,10,12-13,19H,4-9H2. The molecule has 2 aliphatic carbocycles. The Hall–Kier alpha value is -5.35. The highest BCUT2D eigenvalue weighted by molar-refractivity contribution is 7.89. The van der Waals surface area contributed by atoms with Gasteiger partial charge < -0.3 is 10.2 Å². The minimum Gasteiger partial charge on any atom is -0.317 e. The predicted molar refractivity (Wildman–Crippen MR) is 301 cm³/mol. The maximum Gasteiger partial charge on any atom is 0.416 e. The average Bonchev–Trinajstić information content (AvgIpc) is 3.93. The second kappa shape index (κ2) is 28.2. The number of benzene rings is 6. The predicted octanol–water partition coefficient (Wildman–Crippen LogP) is 14.9. The van der Waals surface area contributed by atoms with Crippen LogP contribution in [0.2, 0.25) is 0 Å². The van der Waals surface area contributed by atoms with Gasteiger partial charge in [0.2, 0.25) is 20.0 Å². The molecule has 2 saturated carbocycles. The van der Waals surface area contributed by atoms with Gasteiger partial charge in [-0.05, 0) is 217 Å². The Balaban J connectivity index is 0.000000180. The van der Waals surface area contributed by atoms with Crippen LogP contribution < -0.4 is 5.32 Å². The summed E-state index contributed by atoms with van der Waals surface area (Å²) in [6.07, 6.45) is -0.261. The highest BCUT2D eigenvalue weighted by atomic mass is 35.5. The van der Waals surface area contributed by atoms with Crippen molar-refractivity contribution in [2.45, 2.75) is 135 Å². The van der Waals surface area contributed by atoms with Gasteiger partial charge in [0.1, 0.15) is 23.3 Å². The Morgan fingerprint density at radius 3 is 1.12 bits per heavy atom. The SMILES string of the molecule is Fc1ccc(C(CCCCl)c2ccc(F)cc2)cc1.O=S(=O)(c1cccc(C(F)(F)F)c1)N(C1CC1)C1CCN(CCCC(c2ccc(F)cc2)c2ccc(F)cc2)CC1.O=S(=O)(c1cccc(C(F)(F)F)c1)N(C1CCNCC1)C1CC1. The van der Waals surface area contributed by atoms with Gasteiger partial charge in [0.05, 0.1) is 20.9 Å². The van der Waals surface area contributed by atoms with Crippen LogP contribution in [0.5, 0.6) is 0 Å². The molecule has 0 aromatic heterocycles. The largest absolute Gasteiger partial charge is 0.416 e. The third-order valence-corrected chi connectivity index (χ3v) is 19.8. The summed E-state index contributed by atoms with van der Waals surface area (Å²) >= 11 is 5.75. The molecule has 4 fully saturated rings. The third kappa shape index (κ3) is 17.4. The first-order valence-electron chi connectivity index (χ1n) is 28.0. The molecule has 0 spiro atoms. The van der Waals surface area contributed by atoms with Gasteiger partial charge in [-0.2, -0.15) is 35.0 Å². The number of nitrogens with one attached hydrogen (secondary N) is 1. The monoisotopic (exact) mass is 1220 g/mol. The van der Waals surface area contributed by atoms with Gasteiger partial charge in [0.25, 0.3) is 0 Å². The smallest absolute Gasteiger partial charge is 0.317 e. The second-order valence-corrected chi connectivity index (χ2v) is 25.6. The fourth-order valence-electron chi connectivity index (χ4n) is 11.0. The molecule has 2 aliphatic heterocycles. The number of nitrogens with zero attached hydrogens (tertiary/aromatic N) is 3. The first-order chi connectivity index (χ1) is 39.5. The van der Waals surface area contributed by atoms with Crippen LogP contribution in [0.25, 0.3) is 0 Å². The maximum atomic E-state index is 13.5. The topological polar surface area (TPSA) is 90.0 Å². The van der Waals surface area contributed by atoms with Gasteiger partial charge in [-0.25, -0.2) is 34.4 Å². The van der Waals surface area contributed by atoms with E-state index >= 15 is 0 Å². The number of piperidine rings is 2. The number of rotatable bonds is 19. The van der Waals surface area contributed by atoms with Crippen molar-refractivity contribution in [2.75, 3.05) is 38.6 Å². The molecule has 8 nitrogen and oxygen atoms in total. The van der Waals surface area contributed by atoms with E-state index in [1.54, 1.807) is 48.5 Å². The zero-order chi connectivity index (χ0) is 59.5. The summed E-state index contributed by atoms with van der Waals surface area (Å²) in [5.41, 5.74) is 2.06. The van der Waals surface area contributed by atoms with E-state index in [0.717, 1.165) is 117 Å². The van der Waals surface area contributed by atoms with Crippen LogP contribution in [0.4, 0.5) is 43.9 Å². The summed E-state index contributed by atoms with van der Waals surface area (Å²) in [5.74, 6) is -0.442. The lowest BCUT2D eigenvalue weighted by Gasteiger charge is -2.38. The van der Waals surface area contributed by atoms with Crippen molar-refractivity contribution in [1.82, 2.24) is 18.8 Å². The number of hydrogen-bond donors (Lipinski definition) is 1. The molecule has 0 radical (unpaired) electrons. The fourth-order valence-corrected chi connectivity index (χ4v) is 15.1. The van der Waals surface area contributed by atoms with Crippen LogP contribution in [0.1, 0.15) is 122 Å². The maximum absolute atomic E-state index is 13.5. The molecule has 0 bridgehead atoms. The van der Waals surface area contributed by atoms with Crippen LogP contribution in [-0.4, -0.2) is 93.1 Å². The molecule has 1 N–H and O–H groups in total. The van der Waals surface area contributed by atoms with Crippen LogP contribution in [-0.2, 0) is 32.4 Å². The molecule has 10 rings (SSSR count). The molecule has 4 aliphatic rings. The molecule has 0 amide bonds. The van der Waals surface area contributed by atoms with E-state index in [-0.39, 0.29) is 69.1 Å². The summed E-state index contributed by atoms with van der Waals surface area (Å²) in [6.45, 7) is 3.61. The highest BCUT2D eigenvalue weighted by Gasteiger charge is 2.45. The van der Waals surface area contributed by atoms with Gasteiger partial charge in [0, 0.05) is 41.9 Å². The van der Waals surface area contributed by atoms with Gasteiger partial charge in [0.15, 0.2) is 0 Å². The summed E-state index contributed by atoms with van der Waals surface area (Å²) in [5, 5.41) is 3.18. The van der Waals surface area contributed by atoms with Gasteiger partial charge >= 0.3 is 12.4 Å². The lowest BCUT2D eigenvalue weighted by atomic mass is 9.87. The van der Waals surface area contributed by atoms with E-state index in [9.17, 15) is 60.7 Å². The van der Waals surface area contributed by atoms with Crippen molar-refractivity contribution in [3.63, 3.8) is 0 Å². The Kier molecular flexibility index (Phi) is 21.7. The lowest BCUT2D eigenvalue weighted by Crippen LogP contribution is -2.48. The number of likely N-dealkylation sites (tertiary alicyclic amines) is 1. The molecule has 6 aromatic rings. The van der Waals surface area contributed by atoms with E-state index in [4.69, 9.17) is 11.6 Å². The Morgan fingerprint density at radius 1 is 0.470 bits per heavy atom.